The number of halogens is 3. The van der Waals surface area contributed by atoms with Crippen LogP contribution in [0.15, 0.2) is 23.1 Å². The molecule has 0 saturated heterocycles. The van der Waals surface area contributed by atoms with Gasteiger partial charge in [-0.1, -0.05) is 46.1 Å². The van der Waals surface area contributed by atoms with Gasteiger partial charge in [0.2, 0.25) is 10.0 Å². The quantitative estimate of drug-likeness (QED) is 0.771. The maximum atomic E-state index is 12.2. The summed E-state index contributed by atoms with van der Waals surface area (Å²) >= 11 is 14.9. The van der Waals surface area contributed by atoms with Crippen LogP contribution < -0.4 is 0 Å². The molecular formula is C10H12BrCl2NO2S. The lowest BCUT2D eigenvalue weighted by Gasteiger charge is -2.18. The van der Waals surface area contributed by atoms with Gasteiger partial charge in [-0.25, -0.2) is 8.42 Å². The Labute approximate surface area is 120 Å². The van der Waals surface area contributed by atoms with E-state index in [4.69, 9.17) is 23.2 Å². The summed E-state index contributed by atoms with van der Waals surface area (Å²) in [5, 5.41) is 0.604. The van der Waals surface area contributed by atoms with Crippen LogP contribution in [-0.4, -0.2) is 31.1 Å². The van der Waals surface area contributed by atoms with Gasteiger partial charge < -0.3 is 0 Å². The fraction of sp³-hybridized carbons (Fsp3) is 0.400. The van der Waals surface area contributed by atoms with Gasteiger partial charge in [0.25, 0.3) is 0 Å². The molecule has 0 aliphatic carbocycles. The van der Waals surface area contributed by atoms with Crippen molar-refractivity contribution in [2.24, 2.45) is 0 Å². The number of alkyl halides is 1. The average molecular weight is 361 g/mol. The highest BCUT2D eigenvalue weighted by Crippen LogP contribution is 2.24. The Morgan fingerprint density at radius 2 is 1.76 bits per heavy atom. The molecule has 96 valence electrons. The van der Waals surface area contributed by atoms with E-state index >= 15 is 0 Å². The Morgan fingerprint density at radius 3 is 2.18 bits per heavy atom. The molecule has 0 saturated carbocycles. The van der Waals surface area contributed by atoms with Crippen LogP contribution in [0.25, 0.3) is 0 Å². The Hall–Kier alpha value is 0.190. The third kappa shape index (κ3) is 4.10. The van der Waals surface area contributed by atoms with Gasteiger partial charge in [0, 0.05) is 28.5 Å². The van der Waals surface area contributed by atoms with Crippen molar-refractivity contribution < 1.29 is 8.42 Å². The van der Waals surface area contributed by atoms with Gasteiger partial charge in [0.1, 0.15) is 0 Å². The van der Waals surface area contributed by atoms with Crippen LogP contribution in [0.5, 0.6) is 0 Å². The van der Waals surface area contributed by atoms with Gasteiger partial charge in [-0.15, -0.1) is 0 Å². The van der Waals surface area contributed by atoms with Crippen LogP contribution in [-0.2, 0) is 10.0 Å². The fourth-order valence-corrected chi connectivity index (χ4v) is 3.92. The van der Waals surface area contributed by atoms with Crippen molar-refractivity contribution in [1.29, 1.82) is 0 Å². The summed E-state index contributed by atoms with van der Waals surface area (Å²) in [5.41, 5.74) is 0. The van der Waals surface area contributed by atoms with Crippen molar-refractivity contribution in [1.82, 2.24) is 4.31 Å². The van der Waals surface area contributed by atoms with E-state index in [0.717, 1.165) is 0 Å². The van der Waals surface area contributed by atoms with E-state index in [9.17, 15) is 8.42 Å². The van der Waals surface area contributed by atoms with E-state index in [0.29, 0.717) is 16.6 Å². The summed E-state index contributed by atoms with van der Waals surface area (Å²) in [4.78, 5) is 0.169. The summed E-state index contributed by atoms with van der Waals surface area (Å²) in [6.07, 6.45) is 0. The molecule has 0 aromatic heterocycles. The Kier molecular flexibility index (Phi) is 5.28. The van der Waals surface area contributed by atoms with E-state index in [1.165, 1.54) is 29.6 Å². The number of rotatable bonds is 4. The summed E-state index contributed by atoms with van der Waals surface area (Å²) in [6.45, 7) is 2.24. The molecule has 0 aliphatic rings. The molecule has 0 heterocycles. The predicted octanol–water partition coefficient (Wildman–Crippen LogP) is 3.40. The molecule has 1 aromatic carbocycles. The monoisotopic (exact) mass is 359 g/mol. The fourth-order valence-electron chi connectivity index (χ4n) is 1.31. The molecule has 1 unspecified atom stereocenters. The standard InChI is InChI=1S/C10H12BrCl2NO2S/c1-7(11)6-14(2)17(15,16)10-4-8(12)3-9(13)5-10/h3-5,7H,6H2,1-2H3. The SMILES string of the molecule is CC(Br)CN(C)S(=O)(=O)c1cc(Cl)cc(Cl)c1. The van der Waals surface area contributed by atoms with Crippen molar-refractivity contribution in [3.05, 3.63) is 28.2 Å². The number of hydrogen-bond donors (Lipinski definition) is 0. The van der Waals surface area contributed by atoms with E-state index in [1.54, 1.807) is 0 Å². The van der Waals surface area contributed by atoms with Gasteiger partial charge in [0.15, 0.2) is 0 Å². The lowest BCUT2D eigenvalue weighted by molar-refractivity contribution is 0.473. The Morgan fingerprint density at radius 1 is 1.29 bits per heavy atom. The normalized spacial score (nSPS) is 14.0. The lowest BCUT2D eigenvalue weighted by Crippen LogP contribution is -2.31. The molecule has 0 N–H and O–H groups in total. The molecule has 0 spiro atoms. The van der Waals surface area contributed by atoms with Crippen LogP contribution >= 0.6 is 39.1 Å². The van der Waals surface area contributed by atoms with Crippen LogP contribution in [0.1, 0.15) is 6.92 Å². The average Bonchev–Trinajstić information content (AvgIpc) is 2.14. The van der Waals surface area contributed by atoms with Crippen molar-refractivity contribution in [3.8, 4) is 0 Å². The second-order valence-corrected chi connectivity index (χ2v) is 8.15. The van der Waals surface area contributed by atoms with E-state index < -0.39 is 10.0 Å². The van der Waals surface area contributed by atoms with Crippen LogP contribution in [0, 0.1) is 0 Å². The summed E-state index contributed by atoms with van der Waals surface area (Å²) in [7, 11) is -2.03. The molecule has 0 amide bonds. The number of hydrogen-bond acceptors (Lipinski definition) is 2. The van der Waals surface area contributed by atoms with Gasteiger partial charge in [-0.05, 0) is 18.2 Å². The maximum Gasteiger partial charge on any atom is 0.242 e. The van der Waals surface area contributed by atoms with E-state index in [1.807, 2.05) is 6.92 Å². The molecular weight excluding hydrogens is 349 g/mol. The van der Waals surface area contributed by atoms with Crippen molar-refractivity contribution in [2.45, 2.75) is 16.6 Å². The second-order valence-electron chi connectivity index (χ2n) is 3.67. The van der Waals surface area contributed by atoms with Gasteiger partial charge in [0.05, 0.1) is 4.90 Å². The van der Waals surface area contributed by atoms with Gasteiger partial charge in [-0.3, -0.25) is 0 Å². The second kappa shape index (κ2) is 5.89. The van der Waals surface area contributed by atoms with Gasteiger partial charge in [-0.2, -0.15) is 4.31 Å². The first-order chi connectivity index (χ1) is 7.73. The van der Waals surface area contributed by atoms with Crippen molar-refractivity contribution in [2.75, 3.05) is 13.6 Å². The zero-order chi connectivity index (χ0) is 13.2. The number of benzene rings is 1. The first-order valence-electron chi connectivity index (χ1n) is 4.80. The molecule has 1 atom stereocenters. The van der Waals surface area contributed by atoms with E-state index in [2.05, 4.69) is 15.9 Å². The van der Waals surface area contributed by atoms with Crippen molar-refractivity contribution in [3.63, 3.8) is 0 Å². The highest BCUT2D eigenvalue weighted by molar-refractivity contribution is 9.09. The molecule has 0 radical (unpaired) electrons. The minimum Gasteiger partial charge on any atom is -0.207 e. The largest absolute Gasteiger partial charge is 0.242 e. The van der Waals surface area contributed by atoms with E-state index in [-0.39, 0.29) is 9.72 Å². The minimum absolute atomic E-state index is 0.0666. The molecule has 7 heteroatoms. The summed E-state index contributed by atoms with van der Waals surface area (Å²) < 4.78 is 25.6. The maximum absolute atomic E-state index is 12.2. The highest BCUT2D eigenvalue weighted by atomic mass is 79.9. The topological polar surface area (TPSA) is 37.4 Å². The minimum atomic E-state index is -3.54. The van der Waals surface area contributed by atoms with Crippen LogP contribution in [0.3, 0.4) is 0 Å². The number of nitrogens with zero attached hydrogens (tertiary/aromatic N) is 1. The number of sulfonamides is 1. The third-order valence-corrected chi connectivity index (χ3v) is 4.58. The Bertz CT molecular complexity index is 485. The first kappa shape index (κ1) is 15.2. The first-order valence-corrected chi connectivity index (χ1v) is 7.91. The molecule has 0 fully saturated rings. The summed E-state index contributed by atoms with van der Waals surface area (Å²) in [6, 6.07) is 4.27. The van der Waals surface area contributed by atoms with Crippen molar-refractivity contribution >= 4 is 49.2 Å². The van der Waals surface area contributed by atoms with Crippen LogP contribution in [0.4, 0.5) is 0 Å². The summed E-state index contributed by atoms with van der Waals surface area (Å²) in [5.74, 6) is 0. The predicted molar refractivity (Wildman–Crippen MR) is 74.7 cm³/mol. The molecule has 1 aromatic rings. The Balaban J connectivity index is 3.12. The molecule has 0 bridgehead atoms. The lowest BCUT2D eigenvalue weighted by atomic mass is 10.4. The highest BCUT2D eigenvalue weighted by Gasteiger charge is 2.22. The van der Waals surface area contributed by atoms with Gasteiger partial charge >= 0.3 is 0 Å². The molecule has 17 heavy (non-hydrogen) atoms. The zero-order valence-corrected chi connectivity index (χ0v) is 13.2. The molecule has 1 rings (SSSR count). The van der Waals surface area contributed by atoms with Crippen LogP contribution in [0.2, 0.25) is 10.0 Å². The molecule has 3 nitrogen and oxygen atoms in total. The zero-order valence-electron chi connectivity index (χ0n) is 9.32. The smallest absolute Gasteiger partial charge is 0.207 e. The molecule has 0 aliphatic heterocycles. The third-order valence-electron chi connectivity index (χ3n) is 2.05.